The van der Waals surface area contributed by atoms with Crippen LogP contribution in [-0.2, 0) is 39.9 Å². The minimum absolute atomic E-state index is 0.0163. The molecular weight excluding hydrogens is 589 g/mol. The van der Waals surface area contributed by atoms with Gasteiger partial charge >= 0.3 is 6.18 Å². The van der Waals surface area contributed by atoms with Gasteiger partial charge in [-0.2, -0.15) is 21.6 Å². The Morgan fingerprint density at radius 2 is 1.73 bits per heavy atom. The van der Waals surface area contributed by atoms with Gasteiger partial charge in [-0.25, -0.2) is 0 Å². The molecule has 0 amide bonds. The number of hydrogen-bond acceptors (Lipinski definition) is 5. The van der Waals surface area contributed by atoms with E-state index >= 15 is 0 Å². The number of alkyl halides is 3. The second kappa shape index (κ2) is 11.2. The Morgan fingerprint density at radius 1 is 0.977 bits per heavy atom. The summed E-state index contributed by atoms with van der Waals surface area (Å²) in [7, 11) is -4.09. The first-order valence-corrected chi connectivity index (χ1v) is 16.8. The molecule has 0 heterocycles. The highest BCUT2D eigenvalue weighted by Crippen LogP contribution is 2.65. The summed E-state index contributed by atoms with van der Waals surface area (Å²) in [5.41, 5.74) is 1.42. The van der Waals surface area contributed by atoms with Crippen molar-refractivity contribution in [1.29, 1.82) is 0 Å². The zero-order valence-corrected chi connectivity index (χ0v) is 25.8. The number of halogens is 3. The van der Waals surface area contributed by atoms with Crippen LogP contribution in [-0.4, -0.2) is 24.2 Å². The first kappa shape index (κ1) is 31.1. The number of rotatable bonds is 7. The van der Waals surface area contributed by atoms with Gasteiger partial charge in [0.25, 0.3) is 10.1 Å². The van der Waals surface area contributed by atoms with E-state index < -0.39 is 39.5 Å². The van der Waals surface area contributed by atoms with Gasteiger partial charge in [0.05, 0.1) is 22.7 Å². The van der Waals surface area contributed by atoms with Crippen LogP contribution in [0, 0.1) is 24.2 Å². The second-order valence-corrected chi connectivity index (χ2v) is 15.0. The molecule has 3 aliphatic rings. The predicted octanol–water partition coefficient (Wildman–Crippen LogP) is 7.84. The average molecular weight is 629 g/mol. The van der Waals surface area contributed by atoms with Crippen LogP contribution in [0.1, 0.15) is 84.7 Å². The van der Waals surface area contributed by atoms with Gasteiger partial charge in [-0.1, -0.05) is 42.8 Å². The molecule has 0 bridgehead atoms. The highest BCUT2D eigenvalue weighted by molar-refractivity contribution is 7.86. The lowest BCUT2D eigenvalue weighted by atomic mass is 9.53. The number of fused-ring (bicyclic) bond motifs is 5. The van der Waals surface area contributed by atoms with Crippen LogP contribution in [0.3, 0.4) is 0 Å². The molecule has 44 heavy (non-hydrogen) atoms. The maximum Gasteiger partial charge on any atom is 0.416 e. The lowest BCUT2D eigenvalue weighted by Gasteiger charge is -2.53. The Bertz CT molecular complexity index is 1650. The maximum absolute atomic E-state index is 14.1. The fourth-order valence-electron chi connectivity index (χ4n) is 8.57. The summed E-state index contributed by atoms with van der Waals surface area (Å²) in [5, 5.41) is 22.1. The summed E-state index contributed by atoms with van der Waals surface area (Å²) in [6.45, 7) is 3.56. The van der Waals surface area contributed by atoms with Crippen LogP contribution in [0.25, 0.3) is 0 Å². The Labute approximate surface area is 257 Å². The summed E-state index contributed by atoms with van der Waals surface area (Å²) >= 11 is 0. The van der Waals surface area contributed by atoms with Crippen LogP contribution < -0.4 is 0 Å². The highest BCUT2D eigenvalue weighted by Gasteiger charge is 2.61. The third-order valence-electron chi connectivity index (χ3n) is 11.0. The average Bonchev–Trinajstić information content (AvgIpc) is 3.25. The normalized spacial score (nSPS) is 28.3. The third kappa shape index (κ3) is 5.56. The summed E-state index contributed by atoms with van der Waals surface area (Å²) in [5.74, 6) is 1.30. The van der Waals surface area contributed by atoms with Crippen molar-refractivity contribution >= 4 is 10.1 Å². The number of phenols is 1. The number of aryl methyl sites for hydroxylation is 3. The van der Waals surface area contributed by atoms with Gasteiger partial charge in [-0.15, -0.1) is 0 Å². The van der Waals surface area contributed by atoms with E-state index in [9.17, 15) is 31.8 Å². The molecule has 5 nitrogen and oxygen atoms in total. The molecule has 3 unspecified atom stereocenters. The van der Waals surface area contributed by atoms with Gasteiger partial charge in [-0.3, -0.25) is 4.18 Å². The molecule has 0 spiro atoms. The fraction of sp³-hybridized carbons (Fsp3) is 0.486. The molecule has 0 saturated heterocycles. The molecule has 5 atom stereocenters. The third-order valence-corrected chi connectivity index (χ3v) is 12.3. The van der Waals surface area contributed by atoms with Crippen molar-refractivity contribution in [2.24, 2.45) is 17.3 Å². The van der Waals surface area contributed by atoms with E-state index in [2.05, 4.69) is 6.92 Å². The number of benzene rings is 3. The molecule has 3 aromatic carbocycles. The topological polar surface area (TPSA) is 83.8 Å². The molecule has 236 valence electrons. The van der Waals surface area contributed by atoms with Crippen molar-refractivity contribution in [3.8, 4) is 5.75 Å². The van der Waals surface area contributed by atoms with Crippen LogP contribution in [0.4, 0.5) is 13.2 Å². The summed E-state index contributed by atoms with van der Waals surface area (Å²) in [4.78, 5) is -0.0178. The molecule has 0 radical (unpaired) electrons. The van der Waals surface area contributed by atoms with Crippen molar-refractivity contribution in [3.05, 3.63) is 94.0 Å². The van der Waals surface area contributed by atoms with Crippen molar-refractivity contribution < 1.29 is 36.0 Å². The molecule has 2 fully saturated rings. The van der Waals surface area contributed by atoms with E-state index in [-0.39, 0.29) is 35.0 Å². The minimum atomic E-state index is -4.59. The van der Waals surface area contributed by atoms with E-state index in [1.54, 1.807) is 18.2 Å². The standard InChI is InChI=1S/C35H39F3O5S/c1-22-3-8-27(9-4-22)44(41,42)43-21-23-5-12-31(35(36,37)38)25(19-23)13-17-34(40)18-15-32-30-10-6-24-20-26(39)7-11-28(24)29(30)14-16-33(32,34)2/h3-5,7-9,11-12,19-20,29-30,32,39-40H,6,10,13-18,21H2,1-2H3/t29?,30?,32?,33-,34-/m0/s1. The SMILES string of the molecule is Cc1ccc(S(=O)(=O)OCc2ccc(C(F)(F)F)c(CC[C@]3(O)CCC4C5CCc6cc(O)ccc6C5CC[C@@]43C)c2)cc1. The van der Waals surface area contributed by atoms with Crippen LogP contribution in [0.5, 0.6) is 5.75 Å². The predicted molar refractivity (Wildman–Crippen MR) is 161 cm³/mol. The van der Waals surface area contributed by atoms with E-state index in [0.717, 1.165) is 43.7 Å². The van der Waals surface area contributed by atoms with Crippen LogP contribution in [0.2, 0.25) is 0 Å². The van der Waals surface area contributed by atoms with Crippen molar-refractivity contribution in [3.63, 3.8) is 0 Å². The van der Waals surface area contributed by atoms with Crippen LogP contribution >= 0.6 is 0 Å². The molecule has 6 rings (SSSR count). The molecule has 3 aliphatic carbocycles. The number of aromatic hydroxyl groups is 1. The van der Waals surface area contributed by atoms with E-state index in [1.807, 2.05) is 19.1 Å². The van der Waals surface area contributed by atoms with Crippen molar-refractivity contribution in [2.45, 2.75) is 94.4 Å². The minimum Gasteiger partial charge on any atom is -0.508 e. The van der Waals surface area contributed by atoms with Gasteiger partial charge in [0.1, 0.15) is 5.75 Å². The van der Waals surface area contributed by atoms with Gasteiger partial charge in [0, 0.05) is 0 Å². The molecule has 9 heteroatoms. The van der Waals surface area contributed by atoms with Gasteiger partial charge in [0.2, 0.25) is 0 Å². The van der Waals surface area contributed by atoms with Gasteiger partial charge in [-0.05, 0) is 134 Å². The Morgan fingerprint density at radius 3 is 2.45 bits per heavy atom. The van der Waals surface area contributed by atoms with E-state index in [4.69, 9.17) is 4.18 Å². The largest absolute Gasteiger partial charge is 0.508 e. The number of hydrogen-bond donors (Lipinski definition) is 2. The smallest absolute Gasteiger partial charge is 0.416 e. The Kier molecular flexibility index (Phi) is 7.90. The fourth-order valence-corrected chi connectivity index (χ4v) is 9.47. The first-order chi connectivity index (χ1) is 20.7. The van der Waals surface area contributed by atoms with E-state index in [0.29, 0.717) is 23.8 Å². The monoisotopic (exact) mass is 628 g/mol. The van der Waals surface area contributed by atoms with Crippen molar-refractivity contribution in [2.75, 3.05) is 0 Å². The van der Waals surface area contributed by atoms with Crippen LogP contribution in [0.15, 0.2) is 65.6 Å². The lowest BCUT2D eigenvalue weighted by Crippen LogP contribution is -2.51. The molecular formula is C35H39F3O5S. The van der Waals surface area contributed by atoms with Gasteiger partial charge < -0.3 is 10.2 Å². The van der Waals surface area contributed by atoms with Gasteiger partial charge in [0.15, 0.2) is 0 Å². The quantitative estimate of drug-likeness (QED) is 0.261. The molecule has 2 N–H and O–H groups in total. The lowest BCUT2D eigenvalue weighted by molar-refractivity contribution is -0.138. The molecule has 3 aromatic rings. The first-order valence-electron chi connectivity index (χ1n) is 15.4. The summed E-state index contributed by atoms with van der Waals surface area (Å²) < 4.78 is 72.8. The zero-order valence-electron chi connectivity index (χ0n) is 25.0. The zero-order chi connectivity index (χ0) is 31.5. The molecule has 2 saturated carbocycles. The number of phenolic OH excluding ortho intramolecular Hbond substituents is 1. The number of aliphatic hydroxyl groups is 1. The summed E-state index contributed by atoms with van der Waals surface area (Å²) in [6, 6.07) is 15.4. The second-order valence-electron chi connectivity index (χ2n) is 13.3. The maximum atomic E-state index is 14.1. The van der Waals surface area contributed by atoms with E-state index in [1.165, 1.54) is 35.4 Å². The molecule has 0 aliphatic heterocycles. The Balaban J connectivity index is 1.20. The van der Waals surface area contributed by atoms with Crippen molar-refractivity contribution in [1.82, 2.24) is 0 Å². The highest BCUT2D eigenvalue weighted by atomic mass is 32.2. The summed E-state index contributed by atoms with van der Waals surface area (Å²) in [6.07, 6.45) is 0.523. The molecule has 0 aromatic heterocycles. The Hall–Kier alpha value is -2.88.